The molecular formula is C21H23F3N2O2. The molecular weight excluding hydrogens is 369 g/mol. The molecule has 7 heteroatoms. The zero-order chi connectivity index (χ0) is 20.0. The summed E-state index contributed by atoms with van der Waals surface area (Å²) in [6.45, 7) is 2.54. The maximum Gasteiger partial charge on any atom is 0.418 e. The first-order valence-electron chi connectivity index (χ1n) is 9.21. The number of hydrogen-bond acceptors (Lipinski definition) is 4. The van der Waals surface area contributed by atoms with E-state index in [0.717, 1.165) is 17.9 Å². The molecule has 2 aromatic carbocycles. The summed E-state index contributed by atoms with van der Waals surface area (Å²) < 4.78 is 45.4. The number of para-hydroxylation sites is 1. The third-order valence-electron chi connectivity index (χ3n) is 4.89. The Hall–Kier alpha value is -2.38. The van der Waals surface area contributed by atoms with Gasteiger partial charge in [0.15, 0.2) is 0 Å². The summed E-state index contributed by atoms with van der Waals surface area (Å²) in [6, 6.07) is 14.9. The van der Waals surface area contributed by atoms with Crippen LogP contribution in [0.15, 0.2) is 54.6 Å². The zero-order valence-corrected chi connectivity index (χ0v) is 15.4. The smallest absolute Gasteiger partial charge is 0.375 e. The van der Waals surface area contributed by atoms with Gasteiger partial charge >= 0.3 is 6.18 Å². The Bertz CT molecular complexity index is 760. The third kappa shape index (κ3) is 5.11. The molecule has 0 saturated carbocycles. The molecule has 3 rings (SSSR count). The summed E-state index contributed by atoms with van der Waals surface area (Å²) in [6.07, 6.45) is -3.53. The molecule has 2 aromatic rings. The van der Waals surface area contributed by atoms with Crippen LogP contribution in [0.25, 0.3) is 0 Å². The number of anilines is 1. The fraction of sp³-hybridized carbons (Fsp3) is 0.381. The lowest BCUT2D eigenvalue weighted by molar-refractivity contribution is -0.137. The number of piperazine rings is 1. The second-order valence-electron chi connectivity index (χ2n) is 6.74. The molecule has 0 N–H and O–H groups in total. The number of hydrogen-bond donors (Lipinski definition) is 0. The van der Waals surface area contributed by atoms with Crippen molar-refractivity contribution in [2.75, 3.05) is 37.7 Å². The van der Waals surface area contributed by atoms with E-state index in [1.165, 1.54) is 12.1 Å². The van der Waals surface area contributed by atoms with Crippen LogP contribution in [0, 0.1) is 0 Å². The van der Waals surface area contributed by atoms with Crippen LogP contribution in [0.4, 0.5) is 18.9 Å². The summed E-state index contributed by atoms with van der Waals surface area (Å²) in [7, 11) is 0. The lowest BCUT2D eigenvalue weighted by atomic mass is 10.1. The van der Waals surface area contributed by atoms with Gasteiger partial charge in [0.25, 0.3) is 0 Å². The van der Waals surface area contributed by atoms with Gasteiger partial charge in [0.2, 0.25) is 0 Å². The first-order valence-corrected chi connectivity index (χ1v) is 9.21. The van der Waals surface area contributed by atoms with Crippen LogP contribution in [-0.2, 0) is 22.3 Å². The van der Waals surface area contributed by atoms with Gasteiger partial charge in [0.1, 0.15) is 6.29 Å². The van der Waals surface area contributed by atoms with Gasteiger partial charge < -0.3 is 14.4 Å². The molecule has 0 radical (unpaired) electrons. The fourth-order valence-electron chi connectivity index (χ4n) is 3.39. The lowest BCUT2D eigenvalue weighted by Crippen LogP contribution is -2.52. The summed E-state index contributed by atoms with van der Waals surface area (Å²) in [4.78, 5) is 15.2. The average molecular weight is 392 g/mol. The van der Waals surface area contributed by atoms with Crippen molar-refractivity contribution in [3.05, 3.63) is 65.7 Å². The van der Waals surface area contributed by atoms with Crippen molar-refractivity contribution < 1.29 is 22.7 Å². The fourth-order valence-corrected chi connectivity index (χ4v) is 3.39. The van der Waals surface area contributed by atoms with Crippen LogP contribution in [0.5, 0.6) is 0 Å². The number of rotatable bonds is 7. The van der Waals surface area contributed by atoms with E-state index in [4.69, 9.17) is 4.74 Å². The van der Waals surface area contributed by atoms with E-state index in [-0.39, 0.29) is 12.3 Å². The van der Waals surface area contributed by atoms with Crippen molar-refractivity contribution in [3.8, 4) is 0 Å². The molecule has 1 unspecified atom stereocenters. The van der Waals surface area contributed by atoms with Crippen molar-refractivity contribution in [1.82, 2.24) is 4.90 Å². The minimum atomic E-state index is -4.38. The second-order valence-corrected chi connectivity index (χ2v) is 6.74. The summed E-state index contributed by atoms with van der Waals surface area (Å²) in [5.74, 6) is 0. The van der Waals surface area contributed by atoms with Crippen LogP contribution in [0.1, 0.15) is 11.1 Å². The van der Waals surface area contributed by atoms with Crippen molar-refractivity contribution in [2.24, 2.45) is 0 Å². The number of ether oxygens (including phenoxy) is 1. The first-order chi connectivity index (χ1) is 13.5. The molecule has 1 saturated heterocycles. The second kappa shape index (κ2) is 9.21. The van der Waals surface area contributed by atoms with Crippen LogP contribution < -0.4 is 4.90 Å². The molecule has 0 aliphatic carbocycles. The Morgan fingerprint density at radius 2 is 1.61 bits per heavy atom. The van der Waals surface area contributed by atoms with Gasteiger partial charge in [-0.25, -0.2) is 0 Å². The Kier molecular flexibility index (Phi) is 6.70. The maximum atomic E-state index is 13.2. The predicted octanol–water partition coefficient (Wildman–Crippen LogP) is 3.61. The highest BCUT2D eigenvalue weighted by atomic mass is 19.4. The molecule has 4 nitrogen and oxygen atoms in total. The minimum Gasteiger partial charge on any atom is -0.375 e. The highest BCUT2D eigenvalue weighted by molar-refractivity contribution is 5.58. The van der Waals surface area contributed by atoms with Crippen LogP contribution in [-0.4, -0.2) is 50.0 Å². The van der Waals surface area contributed by atoms with E-state index in [1.807, 2.05) is 35.2 Å². The Morgan fingerprint density at radius 1 is 0.964 bits per heavy atom. The third-order valence-corrected chi connectivity index (χ3v) is 4.89. The SMILES string of the molecule is O=CC(COCc1ccccc1)N1CCN(c2ccccc2C(F)(F)F)CC1. The van der Waals surface area contributed by atoms with E-state index < -0.39 is 17.8 Å². The van der Waals surface area contributed by atoms with Crippen molar-refractivity contribution in [3.63, 3.8) is 0 Å². The molecule has 1 aliphatic heterocycles. The lowest BCUT2D eigenvalue weighted by Gasteiger charge is -2.39. The van der Waals surface area contributed by atoms with Crippen LogP contribution in [0.2, 0.25) is 0 Å². The van der Waals surface area contributed by atoms with Gasteiger partial charge in [-0.05, 0) is 17.7 Å². The Balaban J connectivity index is 1.55. The molecule has 1 fully saturated rings. The maximum absolute atomic E-state index is 13.2. The Labute approximate surface area is 162 Å². The molecule has 1 aliphatic rings. The van der Waals surface area contributed by atoms with Gasteiger partial charge in [-0.3, -0.25) is 4.90 Å². The number of carbonyl (C=O) groups is 1. The molecule has 0 aromatic heterocycles. The highest BCUT2D eigenvalue weighted by Gasteiger charge is 2.35. The number of aldehydes is 1. The molecule has 0 spiro atoms. The monoisotopic (exact) mass is 392 g/mol. The zero-order valence-electron chi connectivity index (χ0n) is 15.4. The molecule has 0 bridgehead atoms. The average Bonchev–Trinajstić information content (AvgIpc) is 2.72. The number of alkyl halides is 3. The van der Waals surface area contributed by atoms with E-state index in [2.05, 4.69) is 0 Å². The first kappa shape index (κ1) is 20.4. The van der Waals surface area contributed by atoms with Crippen molar-refractivity contribution >= 4 is 12.0 Å². The van der Waals surface area contributed by atoms with Crippen molar-refractivity contribution in [1.29, 1.82) is 0 Å². The van der Waals surface area contributed by atoms with E-state index in [9.17, 15) is 18.0 Å². The highest BCUT2D eigenvalue weighted by Crippen LogP contribution is 2.36. The largest absolute Gasteiger partial charge is 0.418 e. The van der Waals surface area contributed by atoms with E-state index in [1.54, 1.807) is 11.0 Å². The van der Waals surface area contributed by atoms with E-state index in [0.29, 0.717) is 32.8 Å². The van der Waals surface area contributed by atoms with Crippen LogP contribution in [0.3, 0.4) is 0 Å². The molecule has 1 atom stereocenters. The van der Waals surface area contributed by atoms with E-state index >= 15 is 0 Å². The molecule has 1 heterocycles. The summed E-state index contributed by atoms with van der Waals surface area (Å²) in [5.41, 5.74) is 0.597. The van der Waals surface area contributed by atoms with Gasteiger partial charge in [-0.15, -0.1) is 0 Å². The Morgan fingerprint density at radius 3 is 2.25 bits per heavy atom. The van der Waals surface area contributed by atoms with Gasteiger partial charge in [0, 0.05) is 31.9 Å². The standard InChI is InChI=1S/C21H23F3N2O2/c22-21(23,24)19-8-4-5-9-20(19)26-12-10-25(11-13-26)18(14-27)16-28-15-17-6-2-1-3-7-17/h1-9,14,18H,10-13,15-16H2. The summed E-state index contributed by atoms with van der Waals surface area (Å²) in [5, 5.41) is 0. The van der Waals surface area contributed by atoms with Gasteiger partial charge in [-0.1, -0.05) is 42.5 Å². The topological polar surface area (TPSA) is 32.8 Å². The van der Waals surface area contributed by atoms with Crippen molar-refractivity contribution in [2.45, 2.75) is 18.8 Å². The quantitative estimate of drug-likeness (QED) is 0.674. The number of nitrogens with zero attached hydrogens (tertiary/aromatic N) is 2. The number of benzene rings is 2. The number of halogens is 3. The summed E-state index contributed by atoms with van der Waals surface area (Å²) >= 11 is 0. The van der Waals surface area contributed by atoms with Gasteiger partial charge in [-0.2, -0.15) is 13.2 Å². The molecule has 28 heavy (non-hydrogen) atoms. The predicted molar refractivity (Wildman–Crippen MR) is 101 cm³/mol. The van der Waals surface area contributed by atoms with Gasteiger partial charge in [0.05, 0.1) is 24.8 Å². The van der Waals surface area contributed by atoms with Crippen LogP contribution >= 0.6 is 0 Å². The minimum absolute atomic E-state index is 0.192. The molecule has 150 valence electrons. The number of carbonyl (C=O) groups excluding carboxylic acids is 1. The normalized spacial score (nSPS) is 16.8. The molecule has 0 amide bonds.